The van der Waals surface area contributed by atoms with E-state index >= 15 is 0 Å². The van der Waals surface area contributed by atoms with Gasteiger partial charge >= 0.3 is 0 Å². The van der Waals surface area contributed by atoms with Crippen LogP contribution in [0.25, 0.3) is 0 Å². The average molecular weight is 433 g/mol. The predicted octanol–water partition coefficient (Wildman–Crippen LogP) is 4.80. The second-order valence-electron chi connectivity index (χ2n) is 12.8. The zero-order chi connectivity index (χ0) is 22.8. The highest BCUT2D eigenvalue weighted by atomic mass is 16.3. The fraction of sp³-hybridized carbons (Fsp3) is 0.889. The van der Waals surface area contributed by atoms with Crippen LogP contribution in [0.5, 0.6) is 0 Å². The van der Waals surface area contributed by atoms with Gasteiger partial charge in [-0.3, -0.25) is 4.79 Å². The van der Waals surface area contributed by atoms with Crippen molar-refractivity contribution >= 4 is 5.78 Å². The molecule has 4 aliphatic carbocycles. The third-order valence-electron chi connectivity index (χ3n) is 10.1. The molecule has 3 fully saturated rings. The first-order valence-corrected chi connectivity index (χ1v) is 12.7. The van der Waals surface area contributed by atoms with E-state index in [1.165, 1.54) is 5.57 Å². The van der Waals surface area contributed by atoms with Crippen LogP contribution in [0.15, 0.2) is 11.6 Å². The maximum Gasteiger partial charge on any atom is 0.159 e. The highest BCUT2D eigenvalue weighted by molar-refractivity contribution is 5.94. The fourth-order valence-corrected chi connectivity index (χ4v) is 8.42. The Morgan fingerprint density at radius 1 is 0.935 bits per heavy atom. The van der Waals surface area contributed by atoms with Crippen molar-refractivity contribution in [2.24, 2.45) is 34.5 Å². The molecule has 0 aromatic heterocycles. The third-order valence-corrected chi connectivity index (χ3v) is 10.1. The second-order valence-corrected chi connectivity index (χ2v) is 12.8. The van der Waals surface area contributed by atoms with Crippen molar-refractivity contribution in [2.75, 3.05) is 0 Å². The van der Waals surface area contributed by atoms with Gasteiger partial charge in [0, 0.05) is 5.92 Å². The molecule has 0 bridgehead atoms. The van der Waals surface area contributed by atoms with Crippen LogP contribution in [-0.4, -0.2) is 38.4 Å². The Morgan fingerprint density at radius 2 is 1.58 bits per heavy atom. The lowest BCUT2D eigenvalue weighted by atomic mass is 9.47. The molecule has 2 unspecified atom stereocenters. The van der Waals surface area contributed by atoms with E-state index in [9.17, 15) is 20.1 Å². The largest absolute Gasteiger partial charge is 0.393 e. The minimum Gasteiger partial charge on any atom is -0.393 e. The van der Waals surface area contributed by atoms with E-state index < -0.39 is 11.2 Å². The molecule has 176 valence electrons. The number of carbonyl (C=O) groups excluding carboxylic acids is 1. The van der Waals surface area contributed by atoms with Crippen molar-refractivity contribution in [2.45, 2.75) is 116 Å². The van der Waals surface area contributed by atoms with Crippen molar-refractivity contribution in [1.82, 2.24) is 0 Å². The fourth-order valence-electron chi connectivity index (χ4n) is 8.42. The molecular weight excluding hydrogens is 388 g/mol. The Morgan fingerprint density at radius 3 is 2.26 bits per heavy atom. The number of ketones is 1. The van der Waals surface area contributed by atoms with Crippen LogP contribution >= 0.6 is 0 Å². The first-order valence-electron chi connectivity index (χ1n) is 12.7. The smallest absolute Gasteiger partial charge is 0.159 e. The number of rotatable bonds is 5. The number of allylic oxidation sites excluding steroid dienone is 2. The second kappa shape index (κ2) is 7.67. The van der Waals surface area contributed by atoms with Crippen molar-refractivity contribution in [3.05, 3.63) is 11.6 Å². The SMILES string of the molecule is CC(C)(O)CCCC(C)(O)[C@@H]1CC[C@@H]2C3=CC(=O)[C@@H]4C[C@H](O)CC[C@]4(C)C3CC[C@]21C. The first-order chi connectivity index (χ1) is 14.3. The average Bonchev–Trinajstić information content (AvgIpc) is 3.00. The summed E-state index contributed by atoms with van der Waals surface area (Å²) in [7, 11) is 0. The number of hydrogen-bond donors (Lipinski definition) is 3. The lowest BCUT2D eigenvalue weighted by Gasteiger charge is -2.57. The molecule has 4 aliphatic rings. The Kier molecular flexibility index (Phi) is 5.80. The van der Waals surface area contributed by atoms with Crippen molar-refractivity contribution in [1.29, 1.82) is 0 Å². The molecule has 4 nitrogen and oxygen atoms in total. The van der Waals surface area contributed by atoms with Gasteiger partial charge in [0.2, 0.25) is 0 Å². The van der Waals surface area contributed by atoms with Crippen molar-refractivity contribution in [3.8, 4) is 0 Å². The lowest BCUT2D eigenvalue weighted by Crippen LogP contribution is -2.53. The Labute approximate surface area is 188 Å². The summed E-state index contributed by atoms with van der Waals surface area (Å²) < 4.78 is 0. The standard InChI is InChI=1S/C27H44O4/c1-24(2,30)11-6-12-27(5,31)23-8-7-19-18-16-22(29)21-15-17(28)9-13-25(21,3)20(18)10-14-26(19,23)4/h16-17,19-21,23,28,30-31H,6-15H2,1-5H3/t17-,19-,20?,21+,23-,25-,26-,27?/m1/s1. The quantitative estimate of drug-likeness (QED) is 0.583. The molecule has 8 atom stereocenters. The van der Waals surface area contributed by atoms with E-state index in [0.717, 1.165) is 44.9 Å². The Bertz CT molecular complexity index is 747. The predicted molar refractivity (Wildman–Crippen MR) is 122 cm³/mol. The van der Waals surface area contributed by atoms with Gasteiger partial charge < -0.3 is 15.3 Å². The third kappa shape index (κ3) is 3.95. The zero-order valence-corrected chi connectivity index (χ0v) is 20.3. The lowest BCUT2D eigenvalue weighted by molar-refractivity contribution is -0.133. The van der Waals surface area contributed by atoms with Gasteiger partial charge in [0.1, 0.15) is 0 Å². The van der Waals surface area contributed by atoms with Gasteiger partial charge in [-0.25, -0.2) is 0 Å². The van der Waals surface area contributed by atoms with E-state index in [-0.39, 0.29) is 34.6 Å². The minimum atomic E-state index is -0.748. The highest BCUT2D eigenvalue weighted by Crippen LogP contribution is 2.67. The molecule has 3 saturated carbocycles. The molecule has 0 amide bonds. The number of aliphatic hydroxyl groups is 3. The summed E-state index contributed by atoms with van der Waals surface area (Å²) in [5.41, 5.74) is -0.0675. The van der Waals surface area contributed by atoms with Crippen LogP contribution in [0, 0.1) is 34.5 Å². The van der Waals surface area contributed by atoms with Gasteiger partial charge in [0.25, 0.3) is 0 Å². The van der Waals surface area contributed by atoms with Gasteiger partial charge in [-0.15, -0.1) is 0 Å². The minimum absolute atomic E-state index is 0.0188. The first kappa shape index (κ1) is 23.4. The summed E-state index contributed by atoms with van der Waals surface area (Å²) in [4.78, 5) is 13.2. The van der Waals surface area contributed by atoms with Crippen LogP contribution < -0.4 is 0 Å². The molecule has 0 radical (unpaired) electrons. The molecule has 0 saturated heterocycles. The highest BCUT2D eigenvalue weighted by Gasteiger charge is 2.61. The van der Waals surface area contributed by atoms with Crippen molar-refractivity contribution < 1.29 is 20.1 Å². The topological polar surface area (TPSA) is 77.8 Å². The normalized spacial score (nSPS) is 44.7. The van der Waals surface area contributed by atoms with Crippen LogP contribution in [-0.2, 0) is 4.79 Å². The van der Waals surface area contributed by atoms with Gasteiger partial charge in [-0.2, -0.15) is 0 Å². The zero-order valence-electron chi connectivity index (χ0n) is 20.3. The number of carbonyl (C=O) groups is 1. The van der Waals surface area contributed by atoms with Crippen molar-refractivity contribution in [3.63, 3.8) is 0 Å². The van der Waals surface area contributed by atoms with E-state index in [1.54, 1.807) is 0 Å². The van der Waals surface area contributed by atoms with Gasteiger partial charge in [-0.05, 0) is 120 Å². The summed E-state index contributed by atoms with van der Waals surface area (Å²) in [6, 6.07) is 0. The molecule has 31 heavy (non-hydrogen) atoms. The summed E-state index contributed by atoms with van der Waals surface area (Å²) in [6.45, 7) is 10.3. The van der Waals surface area contributed by atoms with Gasteiger partial charge in [0.15, 0.2) is 5.78 Å². The van der Waals surface area contributed by atoms with Crippen LogP contribution in [0.2, 0.25) is 0 Å². The molecule has 3 N–H and O–H groups in total. The van der Waals surface area contributed by atoms with E-state index in [1.807, 2.05) is 26.8 Å². The summed E-state index contributed by atoms with van der Waals surface area (Å²) in [5, 5.41) is 31.8. The summed E-state index contributed by atoms with van der Waals surface area (Å²) in [5.74, 6) is 1.25. The Hall–Kier alpha value is -0.710. The maximum absolute atomic E-state index is 13.2. The number of aliphatic hydroxyl groups excluding tert-OH is 1. The molecule has 4 rings (SSSR count). The summed E-state index contributed by atoms with van der Waals surface area (Å²) in [6.07, 6.45) is 10.5. The maximum atomic E-state index is 13.2. The van der Waals surface area contributed by atoms with Gasteiger partial charge in [0.05, 0.1) is 17.3 Å². The summed E-state index contributed by atoms with van der Waals surface area (Å²) >= 11 is 0. The molecule has 4 heteroatoms. The molecule has 0 aromatic carbocycles. The molecule has 0 aromatic rings. The molecule has 0 spiro atoms. The molecule has 0 heterocycles. The molecular formula is C27H44O4. The Balaban J connectivity index is 1.57. The van der Waals surface area contributed by atoms with E-state index in [2.05, 4.69) is 13.8 Å². The van der Waals surface area contributed by atoms with Crippen LogP contribution in [0.4, 0.5) is 0 Å². The number of fused-ring (bicyclic) bond motifs is 5. The van der Waals surface area contributed by atoms with Gasteiger partial charge in [-0.1, -0.05) is 19.4 Å². The van der Waals surface area contributed by atoms with Crippen LogP contribution in [0.3, 0.4) is 0 Å². The molecule has 0 aliphatic heterocycles. The van der Waals surface area contributed by atoms with Crippen LogP contribution in [0.1, 0.15) is 98.8 Å². The van der Waals surface area contributed by atoms with E-state index in [0.29, 0.717) is 31.1 Å². The number of hydrogen-bond acceptors (Lipinski definition) is 4. The van der Waals surface area contributed by atoms with E-state index in [4.69, 9.17) is 0 Å². The monoisotopic (exact) mass is 432 g/mol.